The molecule has 0 bridgehead atoms. The first-order valence-corrected chi connectivity index (χ1v) is 10.4. The van der Waals surface area contributed by atoms with Gasteiger partial charge in [0.05, 0.1) is 0 Å². The normalized spacial score (nSPS) is 26.1. The monoisotopic (exact) mass is 356 g/mol. The molecule has 26 heavy (non-hydrogen) atoms. The molecule has 2 saturated heterocycles. The van der Waals surface area contributed by atoms with Crippen LogP contribution in [-0.2, 0) is 5.41 Å². The van der Waals surface area contributed by atoms with Gasteiger partial charge in [-0.25, -0.2) is 0 Å². The topological polar surface area (TPSA) is 23.6 Å². The van der Waals surface area contributed by atoms with Crippen LogP contribution < -0.4 is 0 Å². The highest BCUT2D eigenvalue weighted by Crippen LogP contribution is 2.28. The number of rotatable bonds is 2. The molecule has 3 rings (SSSR count). The fourth-order valence-electron chi connectivity index (χ4n) is 4.36. The van der Waals surface area contributed by atoms with E-state index in [9.17, 15) is 4.79 Å². The summed E-state index contributed by atoms with van der Waals surface area (Å²) in [4.78, 5) is 17.6. The molecule has 1 amide bonds. The third-order valence-corrected chi connectivity index (χ3v) is 6.63. The maximum atomic E-state index is 12.9. The van der Waals surface area contributed by atoms with Crippen molar-refractivity contribution in [3.05, 3.63) is 35.4 Å². The molecule has 2 aliphatic rings. The van der Waals surface area contributed by atoms with Crippen molar-refractivity contribution in [2.45, 2.75) is 65.3 Å². The standard InChI is InChI=1S/C23H36N2O/c1-17-10-13-25(16-18(17)2)21-11-14-24(15-12-21)22(26)19-6-8-20(9-7-19)23(3,4)5/h6-9,17-18,21H,10-16H2,1-5H3/t17-,18+/m0/s1. The number of hydrogen-bond acceptors (Lipinski definition) is 2. The molecule has 0 aromatic heterocycles. The van der Waals surface area contributed by atoms with Crippen LogP contribution in [0.15, 0.2) is 24.3 Å². The van der Waals surface area contributed by atoms with Gasteiger partial charge in [0.25, 0.3) is 5.91 Å². The van der Waals surface area contributed by atoms with Crippen molar-refractivity contribution in [1.82, 2.24) is 9.80 Å². The van der Waals surface area contributed by atoms with Crippen LogP contribution >= 0.6 is 0 Å². The summed E-state index contributed by atoms with van der Waals surface area (Å²) in [5.74, 6) is 1.85. The summed E-state index contributed by atoms with van der Waals surface area (Å²) in [6.45, 7) is 15.6. The first-order chi connectivity index (χ1) is 12.3. The van der Waals surface area contributed by atoms with Gasteiger partial charge in [-0.3, -0.25) is 9.69 Å². The molecule has 3 nitrogen and oxygen atoms in total. The predicted molar refractivity (Wildman–Crippen MR) is 109 cm³/mol. The second-order valence-corrected chi connectivity index (χ2v) is 9.59. The fourth-order valence-corrected chi connectivity index (χ4v) is 4.36. The summed E-state index contributed by atoms with van der Waals surface area (Å²) in [5, 5.41) is 0. The van der Waals surface area contributed by atoms with Gasteiger partial charge in [0.1, 0.15) is 0 Å². The van der Waals surface area contributed by atoms with Crippen LogP contribution in [0, 0.1) is 11.8 Å². The zero-order chi connectivity index (χ0) is 18.9. The van der Waals surface area contributed by atoms with E-state index < -0.39 is 0 Å². The van der Waals surface area contributed by atoms with E-state index in [1.165, 1.54) is 25.1 Å². The Labute approximate surface area is 159 Å². The number of benzene rings is 1. The van der Waals surface area contributed by atoms with Crippen molar-refractivity contribution >= 4 is 5.91 Å². The van der Waals surface area contributed by atoms with Gasteiger partial charge in [0, 0.05) is 31.2 Å². The number of hydrogen-bond donors (Lipinski definition) is 0. The number of nitrogens with zero attached hydrogens (tertiary/aromatic N) is 2. The van der Waals surface area contributed by atoms with Crippen molar-refractivity contribution in [3.63, 3.8) is 0 Å². The zero-order valence-corrected chi connectivity index (χ0v) is 17.3. The van der Waals surface area contributed by atoms with Gasteiger partial charge in [0.2, 0.25) is 0 Å². The number of carbonyl (C=O) groups excluding carboxylic acids is 1. The summed E-state index contributed by atoms with van der Waals surface area (Å²) in [7, 11) is 0. The lowest BCUT2D eigenvalue weighted by atomic mass is 9.86. The van der Waals surface area contributed by atoms with E-state index >= 15 is 0 Å². The van der Waals surface area contributed by atoms with Crippen molar-refractivity contribution in [1.29, 1.82) is 0 Å². The van der Waals surface area contributed by atoms with E-state index in [1.54, 1.807) is 0 Å². The fraction of sp³-hybridized carbons (Fsp3) is 0.696. The highest BCUT2D eigenvalue weighted by molar-refractivity contribution is 5.94. The minimum Gasteiger partial charge on any atom is -0.339 e. The van der Waals surface area contributed by atoms with Crippen molar-refractivity contribution in [2.24, 2.45) is 11.8 Å². The van der Waals surface area contributed by atoms with E-state index in [2.05, 4.69) is 56.6 Å². The van der Waals surface area contributed by atoms with Crippen LogP contribution in [0.25, 0.3) is 0 Å². The average molecular weight is 357 g/mol. The minimum absolute atomic E-state index is 0.128. The molecule has 1 aromatic rings. The lowest BCUT2D eigenvalue weighted by molar-refractivity contribution is 0.0459. The maximum Gasteiger partial charge on any atom is 0.253 e. The Balaban J connectivity index is 1.55. The first-order valence-electron chi connectivity index (χ1n) is 10.4. The Hall–Kier alpha value is -1.35. The molecule has 2 heterocycles. The molecule has 3 heteroatoms. The predicted octanol–water partition coefficient (Wildman–Crippen LogP) is 4.57. The minimum atomic E-state index is 0.128. The molecule has 0 saturated carbocycles. The highest BCUT2D eigenvalue weighted by Gasteiger charge is 2.31. The summed E-state index contributed by atoms with van der Waals surface area (Å²) in [6.07, 6.45) is 3.56. The summed E-state index contributed by atoms with van der Waals surface area (Å²) in [6, 6.07) is 8.88. The summed E-state index contributed by atoms with van der Waals surface area (Å²) < 4.78 is 0. The van der Waals surface area contributed by atoms with Crippen LogP contribution in [0.5, 0.6) is 0 Å². The number of piperidine rings is 2. The van der Waals surface area contributed by atoms with Crippen molar-refractivity contribution < 1.29 is 4.79 Å². The van der Waals surface area contributed by atoms with E-state index in [0.717, 1.165) is 43.3 Å². The van der Waals surface area contributed by atoms with Gasteiger partial charge in [0.15, 0.2) is 0 Å². The third-order valence-electron chi connectivity index (χ3n) is 6.63. The zero-order valence-electron chi connectivity index (χ0n) is 17.3. The summed E-state index contributed by atoms with van der Waals surface area (Å²) in [5.41, 5.74) is 2.24. The lowest BCUT2D eigenvalue weighted by Crippen LogP contribution is -2.50. The highest BCUT2D eigenvalue weighted by atomic mass is 16.2. The van der Waals surface area contributed by atoms with Crippen LogP contribution in [0.4, 0.5) is 0 Å². The molecule has 0 radical (unpaired) electrons. The molecule has 0 N–H and O–H groups in total. The van der Waals surface area contributed by atoms with E-state index in [-0.39, 0.29) is 11.3 Å². The first kappa shape index (κ1) is 19.4. The van der Waals surface area contributed by atoms with Crippen LogP contribution in [-0.4, -0.2) is 47.9 Å². The van der Waals surface area contributed by atoms with Gasteiger partial charge >= 0.3 is 0 Å². The smallest absolute Gasteiger partial charge is 0.253 e. The van der Waals surface area contributed by atoms with Gasteiger partial charge in [-0.05, 0) is 60.8 Å². The number of amides is 1. The summed E-state index contributed by atoms with van der Waals surface area (Å²) >= 11 is 0. The third kappa shape index (κ3) is 4.31. The molecule has 0 aliphatic carbocycles. The molecule has 2 atom stereocenters. The van der Waals surface area contributed by atoms with Crippen LogP contribution in [0.1, 0.15) is 69.8 Å². The largest absolute Gasteiger partial charge is 0.339 e. The molecule has 0 unspecified atom stereocenters. The number of carbonyl (C=O) groups is 1. The van der Waals surface area contributed by atoms with Gasteiger partial charge in [-0.2, -0.15) is 0 Å². The Morgan fingerprint density at radius 2 is 1.54 bits per heavy atom. The van der Waals surface area contributed by atoms with Gasteiger partial charge in [-0.15, -0.1) is 0 Å². The van der Waals surface area contributed by atoms with Crippen LogP contribution in [0.2, 0.25) is 0 Å². The molecule has 1 aromatic carbocycles. The van der Waals surface area contributed by atoms with E-state index in [1.807, 2.05) is 12.1 Å². The van der Waals surface area contributed by atoms with Crippen LogP contribution in [0.3, 0.4) is 0 Å². The quantitative estimate of drug-likeness (QED) is 0.775. The maximum absolute atomic E-state index is 12.9. The Kier molecular flexibility index (Phi) is 5.76. The molecule has 0 spiro atoms. The van der Waals surface area contributed by atoms with E-state index in [0.29, 0.717) is 6.04 Å². The van der Waals surface area contributed by atoms with Crippen molar-refractivity contribution in [2.75, 3.05) is 26.2 Å². The lowest BCUT2D eigenvalue weighted by Gasteiger charge is -2.43. The number of likely N-dealkylation sites (tertiary alicyclic amines) is 2. The SMILES string of the molecule is C[C@@H]1CN(C2CCN(C(=O)c3ccc(C(C)(C)C)cc3)CC2)CC[C@@H]1C. The second kappa shape index (κ2) is 7.72. The Bertz CT molecular complexity index is 608. The molecule has 2 fully saturated rings. The van der Waals surface area contributed by atoms with Crippen molar-refractivity contribution in [3.8, 4) is 0 Å². The Morgan fingerprint density at radius 3 is 2.08 bits per heavy atom. The second-order valence-electron chi connectivity index (χ2n) is 9.59. The molecule has 144 valence electrons. The molecule has 2 aliphatic heterocycles. The molecular weight excluding hydrogens is 320 g/mol. The average Bonchev–Trinajstić information content (AvgIpc) is 2.63. The van der Waals surface area contributed by atoms with E-state index in [4.69, 9.17) is 0 Å². The van der Waals surface area contributed by atoms with Gasteiger partial charge < -0.3 is 4.90 Å². The van der Waals surface area contributed by atoms with Gasteiger partial charge in [-0.1, -0.05) is 46.8 Å². The molecular formula is C23H36N2O. The Morgan fingerprint density at radius 1 is 0.923 bits per heavy atom.